The van der Waals surface area contributed by atoms with E-state index < -0.39 is 35.0 Å². The summed E-state index contributed by atoms with van der Waals surface area (Å²) in [5.41, 5.74) is -2.41. The van der Waals surface area contributed by atoms with Crippen LogP contribution >= 0.6 is 0 Å². The van der Waals surface area contributed by atoms with E-state index in [1.165, 1.54) is 0 Å². The van der Waals surface area contributed by atoms with Gasteiger partial charge in [-0.3, -0.25) is 4.79 Å². The summed E-state index contributed by atoms with van der Waals surface area (Å²) in [5, 5.41) is 2.32. The van der Waals surface area contributed by atoms with Gasteiger partial charge in [-0.1, -0.05) is 12.1 Å². The zero-order valence-electron chi connectivity index (χ0n) is 14.3. The van der Waals surface area contributed by atoms with Gasteiger partial charge in [-0.2, -0.15) is 26.3 Å². The zero-order chi connectivity index (χ0) is 20.7. The van der Waals surface area contributed by atoms with Crippen molar-refractivity contribution in [1.82, 2.24) is 14.9 Å². The molecular formula is C18H13F6N3O. The number of imidazole rings is 1. The van der Waals surface area contributed by atoms with E-state index >= 15 is 0 Å². The van der Waals surface area contributed by atoms with Crippen LogP contribution in [-0.4, -0.2) is 15.5 Å². The lowest BCUT2D eigenvalue weighted by Gasteiger charge is -2.14. The molecule has 0 unspecified atom stereocenters. The Balaban J connectivity index is 1.88. The van der Waals surface area contributed by atoms with Crippen LogP contribution in [0.25, 0.3) is 11.0 Å². The van der Waals surface area contributed by atoms with E-state index in [9.17, 15) is 31.1 Å². The third-order valence-electron chi connectivity index (χ3n) is 4.14. The van der Waals surface area contributed by atoms with Crippen molar-refractivity contribution in [2.24, 2.45) is 7.05 Å². The third kappa shape index (κ3) is 3.95. The minimum Gasteiger partial charge on any atom is -0.345 e. The summed E-state index contributed by atoms with van der Waals surface area (Å²) in [6.07, 6.45) is -10.0. The van der Waals surface area contributed by atoms with Crippen molar-refractivity contribution >= 4 is 16.9 Å². The molecule has 1 amide bonds. The van der Waals surface area contributed by atoms with Crippen LogP contribution in [0.5, 0.6) is 0 Å². The molecule has 1 N–H and O–H groups in total. The molecule has 4 nitrogen and oxygen atoms in total. The Hall–Kier alpha value is -3.04. The number of rotatable bonds is 3. The molecule has 0 fully saturated rings. The molecule has 0 aliphatic carbocycles. The molecule has 3 rings (SSSR count). The normalized spacial score (nSPS) is 12.4. The van der Waals surface area contributed by atoms with Crippen LogP contribution in [0.2, 0.25) is 0 Å². The highest BCUT2D eigenvalue weighted by atomic mass is 19.4. The number of nitrogens with one attached hydrogen (secondary N) is 1. The molecule has 0 spiro atoms. The summed E-state index contributed by atoms with van der Waals surface area (Å²) in [7, 11) is 1.68. The maximum absolute atomic E-state index is 12.9. The van der Waals surface area contributed by atoms with Gasteiger partial charge in [0.2, 0.25) is 0 Å². The number of carbonyl (C=O) groups is 1. The van der Waals surface area contributed by atoms with Crippen LogP contribution in [-0.2, 0) is 25.9 Å². The number of hydrogen-bond donors (Lipinski definition) is 1. The molecule has 2 aromatic carbocycles. The van der Waals surface area contributed by atoms with Gasteiger partial charge < -0.3 is 9.88 Å². The molecule has 0 saturated carbocycles. The molecule has 0 bridgehead atoms. The molecule has 3 aromatic rings. The smallest absolute Gasteiger partial charge is 0.345 e. The van der Waals surface area contributed by atoms with E-state index in [2.05, 4.69) is 10.3 Å². The highest BCUT2D eigenvalue weighted by Crippen LogP contribution is 2.36. The van der Waals surface area contributed by atoms with Crippen molar-refractivity contribution in [3.05, 3.63) is 65.0 Å². The summed E-state index contributed by atoms with van der Waals surface area (Å²) in [6, 6.07) is 7.83. The fourth-order valence-corrected chi connectivity index (χ4v) is 2.70. The van der Waals surface area contributed by atoms with E-state index in [0.717, 1.165) is 5.52 Å². The summed E-state index contributed by atoms with van der Waals surface area (Å²) >= 11 is 0. The maximum Gasteiger partial charge on any atom is 0.416 e. The van der Waals surface area contributed by atoms with Gasteiger partial charge in [-0.25, -0.2) is 4.98 Å². The Labute approximate surface area is 154 Å². The number of hydrogen-bond acceptors (Lipinski definition) is 2. The molecular weight excluding hydrogens is 388 g/mol. The summed E-state index contributed by atoms with van der Waals surface area (Å²) in [5.74, 6) is -0.666. The molecule has 148 valence electrons. The number of aryl methyl sites for hydroxylation is 1. The number of nitrogens with zero attached hydrogens (tertiary/aromatic N) is 2. The maximum atomic E-state index is 12.9. The Morgan fingerprint density at radius 2 is 1.57 bits per heavy atom. The van der Waals surface area contributed by atoms with Gasteiger partial charge in [-0.05, 0) is 30.3 Å². The van der Waals surface area contributed by atoms with E-state index in [4.69, 9.17) is 0 Å². The van der Waals surface area contributed by atoms with Crippen LogP contribution in [0.3, 0.4) is 0 Å². The van der Waals surface area contributed by atoms with Crippen molar-refractivity contribution in [3.8, 4) is 0 Å². The lowest BCUT2D eigenvalue weighted by Crippen LogP contribution is -2.25. The molecule has 10 heteroatoms. The molecule has 0 saturated heterocycles. The lowest BCUT2D eigenvalue weighted by molar-refractivity contribution is -0.143. The van der Waals surface area contributed by atoms with Gasteiger partial charge in [0.05, 0.1) is 28.7 Å². The monoisotopic (exact) mass is 401 g/mol. The second kappa shape index (κ2) is 6.84. The molecule has 0 aliphatic heterocycles. The molecule has 1 heterocycles. The minimum atomic E-state index is -5.02. The molecule has 0 aliphatic rings. The quantitative estimate of drug-likeness (QED) is 0.655. The van der Waals surface area contributed by atoms with Gasteiger partial charge in [0, 0.05) is 12.6 Å². The lowest BCUT2D eigenvalue weighted by atomic mass is 10.0. The number of alkyl halides is 6. The van der Waals surface area contributed by atoms with Crippen molar-refractivity contribution < 1.29 is 31.1 Å². The van der Waals surface area contributed by atoms with Crippen LogP contribution in [0.15, 0.2) is 42.5 Å². The molecule has 1 aromatic heterocycles. The molecule has 0 radical (unpaired) electrons. The van der Waals surface area contributed by atoms with Gasteiger partial charge >= 0.3 is 12.4 Å². The summed E-state index contributed by atoms with van der Waals surface area (Å²) < 4.78 is 79.1. The fourth-order valence-electron chi connectivity index (χ4n) is 2.70. The van der Waals surface area contributed by atoms with Gasteiger partial charge in [-0.15, -0.1) is 0 Å². The highest BCUT2D eigenvalue weighted by molar-refractivity contribution is 5.94. The van der Waals surface area contributed by atoms with Gasteiger partial charge in [0.15, 0.2) is 0 Å². The topological polar surface area (TPSA) is 46.9 Å². The number of aromatic nitrogens is 2. The Bertz CT molecular complexity index is 1000. The SMILES string of the molecule is Cn1c(CNC(=O)c2cc(C(F)(F)F)cc(C(F)(F)F)c2)nc2ccccc21. The van der Waals surface area contributed by atoms with Crippen molar-refractivity contribution in [1.29, 1.82) is 0 Å². The van der Waals surface area contributed by atoms with Crippen molar-refractivity contribution in [2.45, 2.75) is 18.9 Å². The van der Waals surface area contributed by atoms with Crippen LogP contribution in [0, 0.1) is 0 Å². The van der Waals surface area contributed by atoms with Crippen LogP contribution in [0.4, 0.5) is 26.3 Å². The third-order valence-corrected chi connectivity index (χ3v) is 4.14. The minimum absolute atomic E-state index is 0.0255. The van der Waals surface area contributed by atoms with E-state index in [0.29, 0.717) is 23.5 Å². The fraction of sp³-hybridized carbons (Fsp3) is 0.222. The van der Waals surface area contributed by atoms with Crippen molar-refractivity contribution in [3.63, 3.8) is 0 Å². The summed E-state index contributed by atoms with van der Waals surface area (Å²) in [4.78, 5) is 16.5. The standard InChI is InChI=1S/C18H13F6N3O/c1-27-14-5-3-2-4-13(14)26-15(27)9-25-16(28)10-6-11(17(19,20)21)8-12(7-10)18(22,23)24/h2-8H,9H2,1H3,(H,25,28). The predicted octanol–water partition coefficient (Wildman–Crippen LogP) is 4.54. The zero-order valence-corrected chi connectivity index (χ0v) is 14.3. The number of benzene rings is 2. The van der Waals surface area contributed by atoms with E-state index in [-0.39, 0.29) is 12.6 Å². The van der Waals surface area contributed by atoms with Crippen molar-refractivity contribution in [2.75, 3.05) is 0 Å². The number of halogens is 6. The predicted molar refractivity (Wildman–Crippen MR) is 88.3 cm³/mol. The van der Waals surface area contributed by atoms with E-state index in [1.807, 2.05) is 0 Å². The first-order valence-electron chi connectivity index (χ1n) is 7.95. The number of carbonyl (C=O) groups excluding carboxylic acids is 1. The first kappa shape index (κ1) is 19.7. The number of para-hydroxylation sites is 2. The first-order valence-corrected chi connectivity index (χ1v) is 7.95. The Kier molecular flexibility index (Phi) is 4.82. The first-order chi connectivity index (χ1) is 13.0. The van der Waals surface area contributed by atoms with Gasteiger partial charge in [0.1, 0.15) is 5.82 Å². The average molecular weight is 401 g/mol. The highest BCUT2D eigenvalue weighted by Gasteiger charge is 2.37. The summed E-state index contributed by atoms with van der Waals surface area (Å²) in [6.45, 7) is -0.165. The Morgan fingerprint density at radius 3 is 2.11 bits per heavy atom. The second-order valence-electron chi connectivity index (χ2n) is 6.05. The second-order valence-corrected chi connectivity index (χ2v) is 6.05. The Morgan fingerprint density at radius 1 is 1.00 bits per heavy atom. The largest absolute Gasteiger partial charge is 0.416 e. The average Bonchev–Trinajstić information content (AvgIpc) is 2.94. The molecule has 0 atom stereocenters. The number of amides is 1. The van der Waals surface area contributed by atoms with E-state index in [1.54, 1.807) is 35.9 Å². The number of fused-ring (bicyclic) bond motifs is 1. The van der Waals surface area contributed by atoms with Crippen LogP contribution in [0.1, 0.15) is 27.3 Å². The van der Waals surface area contributed by atoms with Gasteiger partial charge in [0.25, 0.3) is 5.91 Å². The van der Waals surface area contributed by atoms with Crippen LogP contribution < -0.4 is 5.32 Å². The molecule has 28 heavy (non-hydrogen) atoms.